The zero-order valence-electron chi connectivity index (χ0n) is 8.78. The third-order valence-corrected chi connectivity index (χ3v) is 2.79. The molecule has 80 valence electrons. The molecule has 0 atom stereocenters. The SMILES string of the molecule is COC(=O)CC(=O)N(C)C1CCCC1. The molecule has 1 amide bonds. The van der Waals surface area contributed by atoms with Crippen LogP contribution >= 0.6 is 0 Å². The first kappa shape index (κ1) is 11.0. The molecule has 4 nitrogen and oxygen atoms in total. The second kappa shape index (κ2) is 4.98. The number of carbonyl (C=O) groups is 2. The minimum Gasteiger partial charge on any atom is -0.469 e. The van der Waals surface area contributed by atoms with Crippen LogP contribution in [0, 0.1) is 0 Å². The third kappa shape index (κ3) is 2.72. The van der Waals surface area contributed by atoms with E-state index in [1.807, 2.05) is 0 Å². The molecule has 4 heteroatoms. The fourth-order valence-electron chi connectivity index (χ4n) is 1.82. The summed E-state index contributed by atoms with van der Waals surface area (Å²) in [5.41, 5.74) is 0. The molecule has 14 heavy (non-hydrogen) atoms. The maximum atomic E-state index is 11.5. The van der Waals surface area contributed by atoms with E-state index in [9.17, 15) is 9.59 Å². The van der Waals surface area contributed by atoms with E-state index < -0.39 is 5.97 Å². The highest BCUT2D eigenvalue weighted by atomic mass is 16.5. The lowest BCUT2D eigenvalue weighted by Gasteiger charge is -2.23. The summed E-state index contributed by atoms with van der Waals surface area (Å²) in [6.07, 6.45) is 4.34. The van der Waals surface area contributed by atoms with Crippen LogP contribution in [0.5, 0.6) is 0 Å². The summed E-state index contributed by atoms with van der Waals surface area (Å²) in [6, 6.07) is 0.326. The van der Waals surface area contributed by atoms with E-state index >= 15 is 0 Å². The van der Waals surface area contributed by atoms with E-state index in [2.05, 4.69) is 4.74 Å². The van der Waals surface area contributed by atoms with Gasteiger partial charge in [0.25, 0.3) is 0 Å². The van der Waals surface area contributed by atoms with E-state index in [0.717, 1.165) is 12.8 Å². The Morgan fingerprint density at radius 1 is 1.36 bits per heavy atom. The van der Waals surface area contributed by atoms with Crippen molar-refractivity contribution in [3.8, 4) is 0 Å². The average Bonchev–Trinajstić information content (AvgIpc) is 2.69. The van der Waals surface area contributed by atoms with Gasteiger partial charge in [0.15, 0.2) is 0 Å². The van der Waals surface area contributed by atoms with Crippen molar-refractivity contribution in [2.75, 3.05) is 14.2 Å². The molecule has 1 saturated carbocycles. The molecule has 1 aliphatic rings. The second-order valence-corrected chi connectivity index (χ2v) is 3.70. The number of amides is 1. The largest absolute Gasteiger partial charge is 0.469 e. The summed E-state index contributed by atoms with van der Waals surface area (Å²) >= 11 is 0. The first-order valence-corrected chi connectivity index (χ1v) is 4.97. The van der Waals surface area contributed by atoms with Crippen molar-refractivity contribution in [1.29, 1.82) is 0 Å². The van der Waals surface area contributed by atoms with Gasteiger partial charge >= 0.3 is 5.97 Å². The first-order valence-electron chi connectivity index (χ1n) is 4.97. The maximum Gasteiger partial charge on any atom is 0.315 e. The fraction of sp³-hybridized carbons (Fsp3) is 0.800. The molecule has 0 aliphatic heterocycles. The molecule has 0 saturated heterocycles. The lowest BCUT2D eigenvalue weighted by Crippen LogP contribution is -2.36. The van der Waals surface area contributed by atoms with Crippen LogP contribution in [0.4, 0.5) is 0 Å². The summed E-state index contributed by atoms with van der Waals surface area (Å²) in [4.78, 5) is 24.1. The molecular weight excluding hydrogens is 182 g/mol. The van der Waals surface area contributed by atoms with E-state index in [1.54, 1.807) is 11.9 Å². The highest BCUT2D eigenvalue weighted by molar-refractivity contribution is 5.94. The Bertz CT molecular complexity index is 221. The smallest absolute Gasteiger partial charge is 0.315 e. The Hall–Kier alpha value is -1.06. The minimum absolute atomic E-state index is 0.135. The maximum absolute atomic E-state index is 11.5. The minimum atomic E-state index is -0.458. The van der Waals surface area contributed by atoms with Crippen LogP contribution in [0.25, 0.3) is 0 Å². The number of hydrogen-bond acceptors (Lipinski definition) is 3. The Kier molecular flexibility index (Phi) is 3.92. The molecular formula is C10H17NO3. The number of rotatable bonds is 3. The van der Waals surface area contributed by atoms with E-state index in [-0.39, 0.29) is 12.3 Å². The summed E-state index contributed by atoms with van der Waals surface area (Å²) in [5.74, 6) is -0.594. The van der Waals surface area contributed by atoms with Gasteiger partial charge in [0.05, 0.1) is 7.11 Å². The van der Waals surface area contributed by atoms with E-state index in [0.29, 0.717) is 6.04 Å². The topological polar surface area (TPSA) is 46.6 Å². The molecule has 0 unspecified atom stereocenters. The first-order chi connectivity index (χ1) is 6.65. The van der Waals surface area contributed by atoms with Crippen LogP contribution in [-0.2, 0) is 14.3 Å². The molecule has 0 aromatic rings. The Balaban J connectivity index is 2.39. The van der Waals surface area contributed by atoms with Crippen LogP contribution in [0.3, 0.4) is 0 Å². The highest BCUT2D eigenvalue weighted by Crippen LogP contribution is 2.22. The molecule has 0 heterocycles. The molecule has 0 radical (unpaired) electrons. The lowest BCUT2D eigenvalue weighted by atomic mass is 10.2. The number of hydrogen-bond donors (Lipinski definition) is 0. The molecule has 0 bridgehead atoms. The summed E-state index contributed by atoms with van der Waals surface area (Å²) in [6.45, 7) is 0. The van der Waals surface area contributed by atoms with Crippen LogP contribution < -0.4 is 0 Å². The average molecular weight is 199 g/mol. The molecule has 0 aromatic carbocycles. The molecule has 0 N–H and O–H groups in total. The normalized spacial score (nSPS) is 16.7. The Morgan fingerprint density at radius 3 is 2.43 bits per heavy atom. The zero-order valence-corrected chi connectivity index (χ0v) is 8.78. The van der Waals surface area contributed by atoms with Crippen LogP contribution in [0.15, 0.2) is 0 Å². The van der Waals surface area contributed by atoms with Crippen LogP contribution in [-0.4, -0.2) is 37.0 Å². The van der Waals surface area contributed by atoms with E-state index in [1.165, 1.54) is 20.0 Å². The second-order valence-electron chi connectivity index (χ2n) is 3.70. The van der Waals surface area contributed by atoms with Gasteiger partial charge in [-0.15, -0.1) is 0 Å². The van der Waals surface area contributed by atoms with Gasteiger partial charge in [-0.05, 0) is 12.8 Å². The van der Waals surface area contributed by atoms with Crippen LogP contribution in [0.2, 0.25) is 0 Å². The number of methoxy groups -OCH3 is 1. The van der Waals surface area contributed by atoms with Gasteiger partial charge in [0.2, 0.25) is 5.91 Å². The standard InChI is InChI=1S/C10H17NO3/c1-11(8-5-3-4-6-8)9(12)7-10(13)14-2/h8H,3-7H2,1-2H3. The zero-order chi connectivity index (χ0) is 10.6. The van der Waals surface area contributed by atoms with Crippen molar-refractivity contribution in [2.45, 2.75) is 38.1 Å². The lowest BCUT2D eigenvalue weighted by molar-refractivity contribution is -0.147. The number of esters is 1. The van der Waals surface area contributed by atoms with Gasteiger partial charge in [0, 0.05) is 13.1 Å². The molecule has 0 spiro atoms. The van der Waals surface area contributed by atoms with Crippen molar-refractivity contribution < 1.29 is 14.3 Å². The summed E-state index contributed by atoms with van der Waals surface area (Å²) < 4.78 is 4.45. The van der Waals surface area contributed by atoms with Gasteiger partial charge in [-0.1, -0.05) is 12.8 Å². The van der Waals surface area contributed by atoms with E-state index in [4.69, 9.17) is 0 Å². The highest BCUT2D eigenvalue weighted by Gasteiger charge is 2.24. The van der Waals surface area contributed by atoms with Gasteiger partial charge in [0.1, 0.15) is 6.42 Å². The molecule has 1 fully saturated rings. The van der Waals surface area contributed by atoms with Crippen molar-refractivity contribution in [2.24, 2.45) is 0 Å². The summed E-state index contributed by atoms with van der Waals surface area (Å²) in [5, 5.41) is 0. The van der Waals surface area contributed by atoms with Gasteiger partial charge in [-0.2, -0.15) is 0 Å². The Morgan fingerprint density at radius 2 is 1.93 bits per heavy atom. The number of ether oxygens (including phenoxy) is 1. The summed E-state index contributed by atoms with van der Waals surface area (Å²) in [7, 11) is 3.06. The Labute approximate surface area is 84.2 Å². The van der Waals surface area contributed by atoms with Gasteiger partial charge in [-0.25, -0.2) is 0 Å². The predicted octanol–water partition coefficient (Wildman–Crippen LogP) is 0.950. The molecule has 1 aliphatic carbocycles. The third-order valence-electron chi connectivity index (χ3n) is 2.79. The molecule has 1 rings (SSSR count). The van der Waals surface area contributed by atoms with Crippen molar-refractivity contribution >= 4 is 11.9 Å². The number of nitrogens with zero attached hydrogens (tertiary/aromatic N) is 1. The van der Waals surface area contributed by atoms with Gasteiger partial charge in [-0.3, -0.25) is 9.59 Å². The van der Waals surface area contributed by atoms with Gasteiger partial charge < -0.3 is 9.64 Å². The van der Waals surface area contributed by atoms with Crippen molar-refractivity contribution in [1.82, 2.24) is 4.90 Å². The quantitative estimate of drug-likeness (QED) is 0.502. The fourth-order valence-corrected chi connectivity index (χ4v) is 1.82. The molecule has 0 aromatic heterocycles. The van der Waals surface area contributed by atoms with Crippen molar-refractivity contribution in [3.05, 3.63) is 0 Å². The van der Waals surface area contributed by atoms with Crippen molar-refractivity contribution in [3.63, 3.8) is 0 Å². The number of carbonyl (C=O) groups excluding carboxylic acids is 2. The predicted molar refractivity (Wildman–Crippen MR) is 51.7 cm³/mol. The van der Waals surface area contributed by atoms with Crippen LogP contribution in [0.1, 0.15) is 32.1 Å². The monoisotopic (exact) mass is 199 g/mol.